The van der Waals surface area contributed by atoms with Crippen LogP contribution in [0.15, 0.2) is 12.5 Å². The zero-order valence-electron chi connectivity index (χ0n) is 5.71. The SMILES string of the molecule is O=CCCCc1cnc[nH]1. The van der Waals surface area contributed by atoms with Crippen molar-refractivity contribution in [3.63, 3.8) is 0 Å². The van der Waals surface area contributed by atoms with Crippen molar-refractivity contribution in [1.29, 1.82) is 0 Å². The molecule has 0 aliphatic heterocycles. The van der Waals surface area contributed by atoms with Crippen LogP contribution in [0.3, 0.4) is 0 Å². The largest absolute Gasteiger partial charge is 0.348 e. The van der Waals surface area contributed by atoms with Gasteiger partial charge in [0.25, 0.3) is 0 Å². The number of hydrogen-bond donors (Lipinski definition) is 1. The molecular formula is C7H10N2O. The molecule has 0 radical (unpaired) electrons. The zero-order valence-corrected chi connectivity index (χ0v) is 5.71. The molecular weight excluding hydrogens is 128 g/mol. The number of rotatable bonds is 4. The summed E-state index contributed by atoms with van der Waals surface area (Å²) < 4.78 is 0. The third-order valence-electron chi connectivity index (χ3n) is 1.32. The molecule has 0 aliphatic rings. The summed E-state index contributed by atoms with van der Waals surface area (Å²) in [7, 11) is 0. The maximum absolute atomic E-state index is 9.91. The lowest BCUT2D eigenvalue weighted by Crippen LogP contribution is -1.84. The maximum atomic E-state index is 9.91. The van der Waals surface area contributed by atoms with E-state index < -0.39 is 0 Å². The van der Waals surface area contributed by atoms with E-state index in [0.717, 1.165) is 24.8 Å². The molecule has 0 fully saturated rings. The number of hydrogen-bond acceptors (Lipinski definition) is 2. The predicted octanol–water partition coefficient (Wildman–Crippen LogP) is 0.931. The number of aromatic nitrogens is 2. The van der Waals surface area contributed by atoms with E-state index in [9.17, 15) is 4.79 Å². The fourth-order valence-corrected chi connectivity index (χ4v) is 0.797. The second-order valence-corrected chi connectivity index (χ2v) is 2.14. The predicted molar refractivity (Wildman–Crippen MR) is 37.6 cm³/mol. The number of imidazole rings is 1. The first kappa shape index (κ1) is 6.99. The molecule has 0 saturated heterocycles. The van der Waals surface area contributed by atoms with Crippen LogP contribution in [0.2, 0.25) is 0 Å². The van der Waals surface area contributed by atoms with E-state index in [1.807, 2.05) is 0 Å². The first-order valence-corrected chi connectivity index (χ1v) is 3.34. The lowest BCUT2D eigenvalue weighted by atomic mass is 10.2. The Morgan fingerprint density at radius 2 is 2.60 bits per heavy atom. The van der Waals surface area contributed by atoms with Gasteiger partial charge in [-0.1, -0.05) is 0 Å². The molecule has 0 atom stereocenters. The molecule has 10 heavy (non-hydrogen) atoms. The van der Waals surface area contributed by atoms with Crippen LogP contribution < -0.4 is 0 Å². The molecule has 1 rings (SSSR count). The van der Waals surface area contributed by atoms with Crippen molar-refractivity contribution in [2.75, 3.05) is 0 Å². The van der Waals surface area contributed by atoms with Crippen LogP contribution in [0.4, 0.5) is 0 Å². The number of unbranched alkanes of at least 4 members (excludes halogenated alkanes) is 1. The minimum Gasteiger partial charge on any atom is -0.348 e. The Morgan fingerprint density at radius 3 is 3.20 bits per heavy atom. The summed E-state index contributed by atoms with van der Waals surface area (Å²) >= 11 is 0. The summed E-state index contributed by atoms with van der Waals surface area (Å²) in [6.45, 7) is 0. The average Bonchev–Trinajstić information content (AvgIpc) is 2.41. The number of carbonyl (C=O) groups is 1. The van der Waals surface area contributed by atoms with Gasteiger partial charge in [-0.25, -0.2) is 4.98 Å². The van der Waals surface area contributed by atoms with Crippen molar-refractivity contribution in [2.24, 2.45) is 0 Å². The van der Waals surface area contributed by atoms with Gasteiger partial charge in [-0.15, -0.1) is 0 Å². The number of nitrogens with zero attached hydrogens (tertiary/aromatic N) is 1. The van der Waals surface area contributed by atoms with Gasteiger partial charge in [0.2, 0.25) is 0 Å². The Hall–Kier alpha value is -1.12. The summed E-state index contributed by atoms with van der Waals surface area (Å²) in [5.41, 5.74) is 1.10. The highest BCUT2D eigenvalue weighted by Crippen LogP contribution is 1.97. The average molecular weight is 138 g/mol. The number of aromatic amines is 1. The van der Waals surface area contributed by atoms with E-state index >= 15 is 0 Å². The molecule has 0 saturated carbocycles. The van der Waals surface area contributed by atoms with Gasteiger partial charge in [0.1, 0.15) is 6.29 Å². The monoisotopic (exact) mass is 138 g/mol. The Labute approximate surface area is 59.5 Å². The molecule has 1 aromatic rings. The Bertz CT molecular complexity index is 181. The minimum atomic E-state index is 0.638. The molecule has 3 heteroatoms. The highest BCUT2D eigenvalue weighted by molar-refractivity contribution is 5.49. The third-order valence-corrected chi connectivity index (χ3v) is 1.32. The molecule has 0 aliphatic carbocycles. The smallest absolute Gasteiger partial charge is 0.120 e. The second-order valence-electron chi connectivity index (χ2n) is 2.14. The molecule has 54 valence electrons. The second kappa shape index (κ2) is 3.82. The van der Waals surface area contributed by atoms with Gasteiger partial charge in [0.15, 0.2) is 0 Å². The van der Waals surface area contributed by atoms with E-state index in [0.29, 0.717) is 6.42 Å². The van der Waals surface area contributed by atoms with Crippen LogP contribution in [-0.4, -0.2) is 16.3 Å². The molecule has 1 heterocycles. The number of carbonyl (C=O) groups excluding carboxylic acids is 1. The van der Waals surface area contributed by atoms with E-state index in [1.165, 1.54) is 0 Å². The van der Waals surface area contributed by atoms with Crippen molar-refractivity contribution >= 4 is 6.29 Å². The van der Waals surface area contributed by atoms with Gasteiger partial charge >= 0.3 is 0 Å². The van der Waals surface area contributed by atoms with Gasteiger partial charge in [0.05, 0.1) is 6.33 Å². The van der Waals surface area contributed by atoms with E-state index in [4.69, 9.17) is 0 Å². The Balaban J connectivity index is 2.21. The summed E-state index contributed by atoms with van der Waals surface area (Å²) in [5, 5.41) is 0. The maximum Gasteiger partial charge on any atom is 0.120 e. The standard InChI is InChI=1S/C7H10N2O/c10-4-2-1-3-7-5-8-6-9-7/h4-6H,1-3H2,(H,8,9). The molecule has 0 unspecified atom stereocenters. The van der Waals surface area contributed by atoms with Gasteiger partial charge in [-0.05, 0) is 12.8 Å². The topological polar surface area (TPSA) is 45.8 Å². The first-order valence-electron chi connectivity index (χ1n) is 3.34. The van der Waals surface area contributed by atoms with Crippen LogP contribution in [-0.2, 0) is 11.2 Å². The first-order chi connectivity index (χ1) is 4.93. The van der Waals surface area contributed by atoms with Gasteiger partial charge < -0.3 is 9.78 Å². The molecule has 0 amide bonds. The highest BCUT2D eigenvalue weighted by Gasteiger charge is 1.91. The van der Waals surface area contributed by atoms with Crippen molar-refractivity contribution in [3.8, 4) is 0 Å². The zero-order chi connectivity index (χ0) is 7.23. The minimum absolute atomic E-state index is 0.638. The Kier molecular flexibility index (Phi) is 2.67. The van der Waals surface area contributed by atoms with Crippen molar-refractivity contribution in [2.45, 2.75) is 19.3 Å². The third kappa shape index (κ3) is 2.01. The van der Waals surface area contributed by atoms with Gasteiger partial charge in [-0.3, -0.25) is 0 Å². The van der Waals surface area contributed by atoms with Crippen molar-refractivity contribution < 1.29 is 4.79 Å². The van der Waals surface area contributed by atoms with Crippen molar-refractivity contribution in [3.05, 3.63) is 18.2 Å². The summed E-state index contributed by atoms with van der Waals surface area (Å²) in [5.74, 6) is 0. The molecule has 0 bridgehead atoms. The van der Waals surface area contributed by atoms with Crippen LogP contribution in [0.1, 0.15) is 18.5 Å². The van der Waals surface area contributed by atoms with Gasteiger partial charge in [-0.2, -0.15) is 0 Å². The Morgan fingerprint density at radius 1 is 1.70 bits per heavy atom. The molecule has 1 N–H and O–H groups in total. The molecule has 3 nitrogen and oxygen atoms in total. The molecule has 0 aromatic carbocycles. The normalized spacial score (nSPS) is 9.60. The summed E-state index contributed by atoms with van der Waals surface area (Å²) in [4.78, 5) is 16.7. The van der Waals surface area contributed by atoms with Crippen LogP contribution in [0.25, 0.3) is 0 Å². The summed E-state index contributed by atoms with van der Waals surface area (Å²) in [6, 6.07) is 0. The number of nitrogens with one attached hydrogen (secondary N) is 1. The molecule has 0 spiro atoms. The van der Waals surface area contributed by atoms with E-state index in [-0.39, 0.29) is 0 Å². The summed E-state index contributed by atoms with van der Waals surface area (Å²) in [6.07, 6.45) is 6.83. The van der Waals surface area contributed by atoms with Crippen LogP contribution in [0, 0.1) is 0 Å². The molecule has 1 aromatic heterocycles. The van der Waals surface area contributed by atoms with E-state index in [1.54, 1.807) is 12.5 Å². The lowest BCUT2D eigenvalue weighted by molar-refractivity contribution is -0.107. The van der Waals surface area contributed by atoms with Crippen LogP contribution in [0.5, 0.6) is 0 Å². The lowest BCUT2D eigenvalue weighted by Gasteiger charge is -1.90. The van der Waals surface area contributed by atoms with Gasteiger partial charge in [0, 0.05) is 18.3 Å². The number of aldehydes is 1. The quantitative estimate of drug-likeness (QED) is 0.497. The van der Waals surface area contributed by atoms with Crippen LogP contribution >= 0.6 is 0 Å². The number of H-pyrrole nitrogens is 1. The van der Waals surface area contributed by atoms with Crippen molar-refractivity contribution in [1.82, 2.24) is 9.97 Å². The number of aryl methyl sites for hydroxylation is 1. The van der Waals surface area contributed by atoms with E-state index in [2.05, 4.69) is 9.97 Å². The fraction of sp³-hybridized carbons (Fsp3) is 0.429. The highest BCUT2D eigenvalue weighted by atomic mass is 16.1. The fourth-order valence-electron chi connectivity index (χ4n) is 0.797.